The maximum atomic E-state index is 14.2. The third-order valence-electron chi connectivity index (χ3n) is 13.8. The number of hydrogen-bond donors (Lipinski definition) is 0. The Bertz CT molecular complexity index is 3670. The van der Waals surface area contributed by atoms with Crippen LogP contribution in [-0.4, -0.2) is 6.15 Å². The Morgan fingerprint density at radius 3 is 0.905 bits per heavy atom. The van der Waals surface area contributed by atoms with Crippen LogP contribution in [0.25, 0.3) is 43.2 Å². The summed E-state index contributed by atoms with van der Waals surface area (Å²) >= 11 is 0. The minimum absolute atomic E-state index is 0.691. The summed E-state index contributed by atoms with van der Waals surface area (Å²) in [6.07, 6.45) is -52.8. The summed E-state index contributed by atoms with van der Waals surface area (Å²) in [5.74, 6) is 0.863. The van der Waals surface area contributed by atoms with Crippen molar-refractivity contribution in [2.24, 2.45) is 0 Å². The van der Waals surface area contributed by atoms with Gasteiger partial charge < -0.3 is 0 Å². The highest BCUT2D eigenvalue weighted by molar-refractivity contribution is 7.20. The van der Waals surface area contributed by atoms with Crippen molar-refractivity contribution in [2.45, 2.75) is 49.4 Å². The van der Waals surface area contributed by atoms with Gasteiger partial charge in [-0.3, -0.25) is 0 Å². The minimum Gasteiger partial charge on any atom is -0.230 e. The lowest BCUT2D eigenvalue weighted by molar-refractivity contribution is -0.854. The molecule has 0 unspecified atom stereocenters. The number of aromatic nitrogens is 1. The number of fused-ring (bicyclic) bond motifs is 1. The zero-order chi connectivity index (χ0) is 61.7. The smallest absolute Gasteiger partial charge is 0.230 e. The van der Waals surface area contributed by atoms with Crippen molar-refractivity contribution in [3.05, 3.63) is 214 Å². The van der Waals surface area contributed by atoms with Gasteiger partial charge in [0.15, 0.2) is 0 Å². The topological polar surface area (TPSA) is 13.1 Å². The van der Waals surface area contributed by atoms with E-state index in [1.54, 1.807) is 0 Å². The van der Waals surface area contributed by atoms with Crippen molar-refractivity contribution in [3.63, 3.8) is 0 Å². The predicted molar refractivity (Wildman–Crippen MR) is 260 cm³/mol. The van der Waals surface area contributed by atoms with Gasteiger partial charge in [0.05, 0.1) is 49.9 Å². The number of para-hydroxylation sites is 1. The Kier molecular flexibility index (Phi) is 14.7. The van der Waals surface area contributed by atoms with Crippen LogP contribution >= 0.6 is 0 Å². The van der Waals surface area contributed by atoms with Crippen molar-refractivity contribution < 1.29 is 115 Å². The lowest BCUT2D eigenvalue weighted by atomic mass is 9.12. The first-order valence-electron chi connectivity index (χ1n) is 23.7. The van der Waals surface area contributed by atoms with E-state index >= 15 is 0 Å². The summed E-state index contributed by atoms with van der Waals surface area (Å²) in [4.78, 5) is 6.37. The number of nitrogens with zero attached hydrogens (tertiary/aromatic N) is 1. The molecule has 0 amide bonds. The fourth-order valence-electron chi connectivity index (χ4n) is 10.2. The number of rotatable bonds is 6. The Hall–Kier alpha value is -8.39. The van der Waals surface area contributed by atoms with Crippen LogP contribution in [-0.2, 0) is 49.4 Å². The highest BCUT2D eigenvalue weighted by Gasteiger charge is 2.47. The van der Waals surface area contributed by atoms with Gasteiger partial charge in [0, 0.05) is 27.6 Å². The summed E-state index contributed by atoms with van der Waals surface area (Å²) in [6.45, 7) is 0. The second-order valence-electron chi connectivity index (χ2n) is 19.1. The van der Waals surface area contributed by atoms with Crippen LogP contribution in [0, 0.1) is 0 Å². The molecule has 0 aliphatic carbocycles. The van der Waals surface area contributed by atoms with Crippen LogP contribution in [0.2, 0.25) is 0 Å². The number of benzene rings is 9. The molecule has 10 aromatic rings. The Labute approximate surface area is 454 Å². The molecule has 0 bridgehead atoms. The Balaban J connectivity index is 0.000000256. The van der Waals surface area contributed by atoms with Crippen LogP contribution in [0.1, 0.15) is 44.5 Å². The summed E-state index contributed by atoms with van der Waals surface area (Å²) < 4.78 is 343. The first-order valence-corrected chi connectivity index (χ1v) is 23.7. The predicted octanol–water partition coefficient (Wildman–Crippen LogP) is 17.1. The van der Waals surface area contributed by atoms with Crippen LogP contribution in [0.5, 0.6) is 5.75 Å². The van der Waals surface area contributed by atoms with Crippen LogP contribution in [0.4, 0.5) is 105 Å². The van der Waals surface area contributed by atoms with Gasteiger partial charge in [-0.25, -0.2) is 4.84 Å². The quantitative estimate of drug-likeness (QED) is 0.0700. The molecular weight excluding hydrogens is 1180 g/mol. The molecule has 84 heavy (non-hydrogen) atoms. The molecule has 1 heterocycles. The lowest BCUT2D eigenvalue weighted by Gasteiger charge is -2.46. The van der Waals surface area contributed by atoms with E-state index in [-0.39, 0.29) is 0 Å². The fourth-order valence-corrected chi connectivity index (χ4v) is 10.2. The van der Waals surface area contributed by atoms with Crippen LogP contribution in [0.15, 0.2) is 170 Å². The standard InChI is InChI=1S/C32H12BF24.C25H16NO/c34-25(35,36)13-1-14(26(37,38)39)6-21(5-13)33(22-7-15(27(40,41)42)2-16(8-22)28(43,44)45,23-9-17(29(46,47)48)3-18(10-23)30(49,50)51)24-11-19(31(52,53)54)4-20(12-24)32(55,56)57;1-2-9-22-17(5-1)8-4-16-26(22)27-23-15-13-20-11-10-18-6-3-7-19-12-14-21(23)25(20)24(18)19/h1-12H;1-16H/q-1;+1. The summed E-state index contributed by atoms with van der Waals surface area (Å²) in [5.41, 5.74) is -29.2. The second-order valence-corrected chi connectivity index (χ2v) is 19.1. The van der Waals surface area contributed by atoms with E-state index in [1.165, 1.54) is 26.9 Å². The van der Waals surface area contributed by atoms with Gasteiger partial charge in [-0.1, -0.05) is 103 Å². The van der Waals surface area contributed by atoms with E-state index in [0.717, 1.165) is 22.0 Å². The molecule has 2 nitrogen and oxygen atoms in total. The lowest BCUT2D eigenvalue weighted by Crippen LogP contribution is -2.75. The van der Waals surface area contributed by atoms with Crippen molar-refractivity contribution in [3.8, 4) is 5.75 Å². The third-order valence-corrected chi connectivity index (χ3v) is 13.8. The SMILES string of the molecule is FC(F)(F)c1cc([B-](c2cc(C(F)(F)F)cc(C(F)(F)F)c2)(c2cc(C(F)(F)F)cc(C(F)(F)F)c2)c2cc(C(F)(F)F)cc(C(F)(F)F)c2)cc(C(F)(F)F)c1.c1cc2ccc3ccc(O[n+]4cccc5ccccc54)c4ccc(c1)c2c34. The highest BCUT2D eigenvalue weighted by Crippen LogP contribution is 2.43. The third kappa shape index (κ3) is 11.8. The molecule has 0 saturated carbocycles. The average Bonchev–Trinajstić information content (AvgIpc) is 0.935. The molecule has 0 spiro atoms. The number of halogens is 24. The first-order chi connectivity index (χ1) is 38.6. The van der Waals surface area contributed by atoms with Gasteiger partial charge in [0.25, 0.3) is 5.52 Å². The minimum atomic E-state index is -6.13. The van der Waals surface area contributed by atoms with Crippen molar-refractivity contribution in [1.29, 1.82) is 0 Å². The monoisotopic (exact) mass is 1210 g/mol. The molecule has 9 aromatic carbocycles. The molecule has 10 rings (SSSR count). The maximum Gasteiger partial charge on any atom is 0.416 e. The second kappa shape index (κ2) is 20.5. The summed E-state index contributed by atoms with van der Waals surface area (Å²) in [5, 5.41) is 8.63. The van der Waals surface area contributed by atoms with E-state index in [1.807, 2.05) is 29.1 Å². The molecule has 1 aromatic heterocycles. The molecule has 0 saturated heterocycles. The highest BCUT2D eigenvalue weighted by atomic mass is 19.4. The van der Waals surface area contributed by atoms with E-state index in [0.29, 0.717) is 0 Å². The summed E-state index contributed by atoms with van der Waals surface area (Å²) in [6, 6.07) is 23.0. The Morgan fingerprint density at radius 2 is 0.560 bits per heavy atom. The van der Waals surface area contributed by atoms with Gasteiger partial charge in [-0.2, -0.15) is 127 Å². The molecule has 0 aliphatic heterocycles. The van der Waals surface area contributed by atoms with E-state index < -0.39 is 195 Å². The van der Waals surface area contributed by atoms with E-state index in [9.17, 15) is 105 Å². The van der Waals surface area contributed by atoms with E-state index in [4.69, 9.17) is 4.84 Å². The van der Waals surface area contributed by atoms with Gasteiger partial charge in [-0.15, -0.1) is 0 Å². The summed E-state index contributed by atoms with van der Waals surface area (Å²) in [7, 11) is 0. The fraction of sp³-hybridized carbons (Fsp3) is 0.140. The molecule has 27 heteroatoms. The molecule has 0 aliphatic rings. The number of hydrogen-bond acceptors (Lipinski definition) is 1. The molecule has 0 N–H and O–H groups in total. The average molecular weight is 1210 g/mol. The zero-order valence-corrected chi connectivity index (χ0v) is 41.2. The molecular formula is C57H28BF24NO. The normalized spacial score (nSPS) is 13.5. The van der Waals surface area contributed by atoms with Gasteiger partial charge in [0.2, 0.25) is 11.9 Å². The van der Waals surface area contributed by atoms with Gasteiger partial charge in [0.1, 0.15) is 6.15 Å². The van der Waals surface area contributed by atoms with Crippen molar-refractivity contribution >= 4 is 71.2 Å². The van der Waals surface area contributed by atoms with E-state index in [2.05, 4.69) is 72.8 Å². The largest absolute Gasteiger partial charge is 0.416 e. The first kappa shape index (κ1) is 60.2. The van der Waals surface area contributed by atoms with Gasteiger partial charge >= 0.3 is 49.4 Å². The van der Waals surface area contributed by atoms with Crippen LogP contribution < -0.4 is 31.4 Å². The molecule has 0 fully saturated rings. The molecule has 438 valence electrons. The zero-order valence-electron chi connectivity index (χ0n) is 41.2. The molecule has 0 atom stereocenters. The van der Waals surface area contributed by atoms with Crippen molar-refractivity contribution in [2.75, 3.05) is 0 Å². The number of pyridine rings is 1. The maximum absolute atomic E-state index is 14.2. The van der Waals surface area contributed by atoms with Crippen LogP contribution in [0.3, 0.4) is 0 Å². The van der Waals surface area contributed by atoms with Crippen molar-refractivity contribution in [1.82, 2.24) is 0 Å². The van der Waals surface area contributed by atoms with Gasteiger partial charge in [-0.05, 0) is 70.1 Å². The Morgan fingerprint density at radius 1 is 0.274 bits per heavy atom. The number of alkyl halides is 24. The molecule has 0 radical (unpaired) electrons.